The van der Waals surface area contributed by atoms with Gasteiger partial charge in [0.05, 0.1) is 0 Å². The average Bonchev–Trinajstić information content (AvgIpc) is 2.72. The molecule has 1 fully saturated rings. The zero-order chi connectivity index (χ0) is 11.3. The van der Waals surface area contributed by atoms with Crippen molar-refractivity contribution in [3.05, 3.63) is 0 Å². The monoisotopic (exact) mass is 230 g/mol. The molecule has 0 unspecified atom stereocenters. The van der Waals surface area contributed by atoms with Gasteiger partial charge in [-0.25, -0.2) is 0 Å². The standard InChI is InChI=1S/C11H22N2OS/c1-13(11(14)7-4-8-12)9-5-3-6-10(9)15-2/h9-10H,3-8,12H2,1-2H3/t9-,10+/m1/s1. The van der Waals surface area contributed by atoms with Crippen molar-refractivity contribution in [2.75, 3.05) is 19.8 Å². The lowest BCUT2D eigenvalue weighted by molar-refractivity contribution is -0.131. The Hall–Kier alpha value is -0.220. The summed E-state index contributed by atoms with van der Waals surface area (Å²) in [5.41, 5.74) is 5.41. The van der Waals surface area contributed by atoms with Crippen LogP contribution in [-0.4, -0.2) is 41.9 Å². The Labute approximate surface area is 96.8 Å². The number of hydrogen-bond donors (Lipinski definition) is 1. The summed E-state index contributed by atoms with van der Waals surface area (Å²) in [5, 5.41) is 0.636. The lowest BCUT2D eigenvalue weighted by Gasteiger charge is -2.29. The Morgan fingerprint density at radius 1 is 1.53 bits per heavy atom. The SMILES string of the molecule is CS[C@H]1CCC[C@H]1N(C)C(=O)CCCN. The Bertz CT molecular complexity index is 211. The Kier molecular flexibility index (Phi) is 5.47. The minimum Gasteiger partial charge on any atom is -0.342 e. The molecule has 0 saturated heterocycles. The molecule has 88 valence electrons. The smallest absolute Gasteiger partial charge is 0.222 e. The lowest BCUT2D eigenvalue weighted by Crippen LogP contribution is -2.40. The van der Waals surface area contributed by atoms with Gasteiger partial charge in [-0.15, -0.1) is 0 Å². The van der Waals surface area contributed by atoms with E-state index in [1.54, 1.807) is 0 Å². The maximum atomic E-state index is 11.8. The van der Waals surface area contributed by atoms with Gasteiger partial charge in [0.2, 0.25) is 5.91 Å². The fourth-order valence-electron chi connectivity index (χ4n) is 2.24. The molecule has 1 aliphatic carbocycles. The quantitative estimate of drug-likeness (QED) is 0.778. The summed E-state index contributed by atoms with van der Waals surface area (Å²) in [6.45, 7) is 0.607. The van der Waals surface area contributed by atoms with Gasteiger partial charge in [-0.05, 0) is 32.1 Å². The summed E-state index contributed by atoms with van der Waals surface area (Å²) in [6, 6.07) is 0.449. The van der Waals surface area contributed by atoms with E-state index < -0.39 is 0 Å². The fraction of sp³-hybridized carbons (Fsp3) is 0.909. The van der Waals surface area contributed by atoms with Gasteiger partial charge < -0.3 is 10.6 Å². The van der Waals surface area contributed by atoms with E-state index in [2.05, 4.69) is 6.26 Å². The first-order valence-electron chi connectivity index (χ1n) is 5.69. The van der Waals surface area contributed by atoms with Gasteiger partial charge in [0.25, 0.3) is 0 Å². The van der Waals surface area contributed by atoms with Gasteiger partial charge in [-0.3, -0.25) is 4.79 Å². The van der Waals surface area contributed by atoms with Crippen LogP contribution in [-0.2, 0) is 4.79 Å². The summed E-state index contributed by atoms with van der Waals surface area (Å²) in [7, 11) is 1.94. The highest BCUT2D eigenvalue weighted by molar-refractivity contribution is 7.99. The van der Waals surface area contributed by atoms with Gasteiger partial charge in [0, 0.05) is 24.8 Å². The predicted octanol–water partition coefficient (Wildman–Crippen LogP) is 1.47. The molecule has 0 heterocycles. The Balaban J connectivity index is 2.44. The molecule has 0 aliphatic heterocycles. The Morgan fingerprint density at radius 2 is 2.27 bits per heavy atom. The molecule has 1 amide bonds. The maximum Gasteiger partial charge on any atom is 0.222 e. The molecule has 1 saturated carbocycles. The first-order chi connectivity index (χ1) is 7.20. The normalized spacial score (nSPS) is 25.5. The van der Waals surface area contributed by atoms with Crippen molar-refractivity contribution in [2.24, 2.45) is 5.73 Å². The molecule has 1 rings (SSSR count). The second-order valence-electron chi connectivity index (χ2n) is 4.17. The van der Waals surface area contributed by atoms with Crippen LogP contribution in [0, 0.1) is 0 Å². The highest BCUT2D eigenvalue weighted by atomic mass is 32.2. The van der Waals surface area contributed by atoms with E-state index in [1.165, 1.54) is 12.8 Å². The van der Waals surface area contributed by atoms with Crippen molar-refractivity contribution in [3.8, 4) is 0 Å². The number of nitrogens with zero attached hydrogens (tertiary/aromatic N) is 1. The van der Waals surface area contributed by atoms with Gasteiger partial charge >= 0.3 is 0 Å². The number of hydrogen-bond acceptors (Lipinski definition) is 3. The molecule has 1 aliphatic rings. The summed E-state index contributed by atoms with van der Waals surface area (Å²) in [5.74, 6) is 0.256. The number of nitrogens with two attached hydrogens (primary N) is 1. The molecule has 2 atom stereocenters. The fourth-order valence-corrected chi connectivity index (χ4v) is 3.27. The first kappa shape index (κ1) is 12.8. The number of carbonyl (C=O) groups is 1. The van der Waals surface area contributed by atoms with Gasteiger partial charge in [0.15, 0.2) is 0 Å². The second-order valence-corrected chi connectivity index (χ2v) is 5.25. The topological polar surface area (TPSA) is 46.3 Å². The van der Waals surface area contributed by atoms with Crippen LogP contribution in [0.5, 0.6) is 0 Å². The summed E-state index contributed by atoms with van der Waals surface area (Å²) in [6.07, 6.45) is 7.22. The highest BCUT2D eigenvalue weighted by Gasteiger charge is 2.31. The minimum atomic E-state index is 0.256. The van der Waals surface area contributed by atoms with Crippen molar-refractivity contribution in [1.82, 2.24) is 4.90 Å². The van der Waals surface area contributed by atoms with Crippen LogP contribution in [0.1, 0.15) is 32.1 Å². The minimum absolute atomic E-state index is 0.256. The third-order valence-electron chi connectivity index (χ3n) is 3.21. The number of rotatable bonds is 5. The molecule has 0 spiro atoms. The van der Waals surface area contributed by atoms with Gasteiger partial charge in [0.1, 0.15) is 0 Å². The van der Waals surface area contributed by atoms with Crippen molar-refractivity contribution in [3.63, 3.8) is 0 Å². The average molecular weight is 230 g/mol. The number of carbonyl (C=O) groups excluding carboxylic acids is 1. The second kappa shape index (κ2) is 6.38. The van der Waals surface area contributed by atoms with Crippen molar-refractivity contribution in [1.29, 1.82) is 0 Å². The summed E-state index contributed by atoms with van der Waals surface area (Å²) < 4.78 is 0. The van der Waals surface area contributed by atoms with Crippen LogP contribution in [0.3, 0.4) is 0 Å². The van der Waals surface area contributed by atoms with Gasteiger partial charge in [-0.2, -0.15) is 11.8 Å². The van der Waals surface area contributed by atoms with Crippen LogP contribution in [0.4, 0.5) is 0 Å². The predicted molar refractivity (Wildman–Crippen MR) is 66.0 cm³/mol. The molecule has 2 N–H and O–H groups in total. The molecular formula is C11H22N2OS. The summed E-state index contributed by atoms with van der Waals surface area (Å²) >= 11 is 1.89. The van der Waals surface area contributed by atoms with E-state index in [4.69, 9.17) is 5.73 Å². The van der Waals surface area contributed by atoms with E-state index in [9.17, 15) is 4.79 Å². The first-order valence-corrected chi connectivity index (χ1v) is 6.98. The largest absolute Gasteiger partial charge is 0.342 e. The lowest BCUT2D eigenvalue weighted by atomic mass is 10.2. The maximum absolute atomic E-state index is 11.8. The van der Waals surface area contributed by atoms with Crippen molar-refractivity contribution < 1.29 is 4.79 Å². The number of thioether (sulfide) groups is 1. The molecule has 0 bridgehead atoms. The van der Waals surface area contributed by atoms with Crippen LogP contribution in [0.2, 0.25) is 0 Å². The summed E-state index contributed by atoms with van der Waals surface area (Å²) in [4.78, 5) is 13.8. The zero-order valence-corrected chi connectivity index (χ0v) is 10.6. The van der Waals surface area contributed by atoms with Gasteiger partial charge in [-0.1, -0.05) is 6.42 Å². The molecule has 0 radical (unpaired) electrons. The van der Waals surface area contributed by atoms with Crippen molar-refractivity contribution in [2.45, 2.75) is 43.4 Å². The molecule has 3 nitrogen and oxygen atoms in total. The molecule has 0 aromatic heterocycles. The third-order valence-corrected chi connectivity index (χ3v) is 4.36. The van der Waals surface area contributed by atoms with E-state index in [0.717, 1.165) is 12.8 Å². The van der Waals surface area contributed by atoms with Crippen LogP contribution < -0.4 is 5.73 Å². The number of amides is 1. The molecule has 15 heavy (non-hydrogen) atoms. The zero-order valence-electron chi connectivity index (χ0n) is 9.74. The van der Waals surface area contributed by atoms with Crippen molar-refractivity contribution >= 4 is 17.7 Å². The Morgan fingerprint density at radius 3 is 2.87 bits per heavy atom. The molecular weight excluding hydrogens is 208 g/mol. The van der Waals surface area contributed by atoms with E-state index >= 15 is 0 Å². The van der Waals surface area contributed by atoms with E-state index in [1.807, 2.05) is 23.7 Å². The van der Waals surface area contributed by atoms with E-state index in [0.29, 0.717) is 24.3 Å². The molecule has 4 heteroatoms. The third kappa shape index (κ3) is 3.38. The van der Waals surface area contributed by atoms with Crippen LogP contribution in [0.15, 0.2) is 0 Å². The highest BCUT2D eigenvalue weighted by Crippen LogP contribution is 2.31. The van der Waals surface area contributed by atoms with E-state index in [-0.39, 0.29) is 5.91 Å². The van der Waals surface area contributed by atoms with Crippen LogP contribution >= 0.6 is 11.8 Å². The molecule has 0 aromatic carbocycles. The molecule has 0 aromatic rings. The van der Waals surface area contributed by atoms with Crippen LogP contribution in [0.25, 0.3) is 0 Å².